The molecule has 0 aromatic heterocycles. The molecular weight excluding hydrogens is 434 g/mol. The minimum Gasteiger partial charge on any atom is -0.493 e. The second kappa shape index (κ2) is 10.1. The molecule has 1 heterocycles. The van der Waals surface area contributed by atoms with Crippen molar-refractivity contribution in [3.05, 3.63) is 47.5 Å². The van der Waals surface area contributed by atoms with E-state index >= 15 is 0 Å². The first-order chi connectivity index (χ1) is 15.3. The normalized spacial score (nSPS) is 14.7. The van der Waals surface area contributed by atoms with Crippen molar-refractivity contribution in [2.24, 2.45) is 0 Å². The summed E-state index contributed by atoms with van der Waals surface area (Å²) in [7, 11) is 1.02. The van der Waals surface area contributed by atoms with Gasteiger partial charge in [0.25, 0.3) is 0 Å². The van der Waals surface area contributed by atoms with Gasteiger partial charge in [-0.05, 0) is 36.8 Å². The fraction of sp³-hybridized carbons (Fsp3) is 0.409. The molecule has 0 bridgehead atoms. The third-order valence-electron chi connectivity index (χ3n) is 5.35. The van der Waals surface area contributed by atoms with Crippen LogP contribution in [0.15, 0.2) is 41.3 Å². The van der Waals surface area contributed by atoms with Crippen molar-refractivity contribution >= 4 is 16.1 Å². The Balaban J connectivity index is 1.59. The van der Waals surface area contributed by atoms with Crippen LogP contribution in [0, 0.1) is 6.92 Å². The van der Waals surface area contributed by atoms with E-state index in [1.54, 1.807) is 41.3 Å². The van der Waals surface area contributed by atoms with Crippen LogP contribution in [0.1, 0.15) is 11.1 Å². The number of rotatable bonds is 7. The molecule has 1 saturated heterocycles. The topological polar surface area (TPSA) is 97.4 Å². The van der Waals surface area contributed by atoms with Gasteiger partial charge in [-0.15, -0.1) is 0 Å². The second-order valence-corrected chi connectivity index (χ2v) is 9.33. The minimum absolute atomic E-state index is 0.244. The van der Waals surface area contributed by atoms with E-state index < -0.39 is 10.0 Å². The molecule has 0 atom stereocenters. The number of nitrogens with zero attached hydrogens (tertiary/aromatic N) is 2. The van der Waals surface area contributed by atoms with Gasteiger partial charge >= 0.3 is 6.03 Å². The second-order valence-electron chi connectivity index (χ2n) is 7.40. The van der Waals surface area contributed by atoms with Crippen LogP contribution in [0.25, 0.3) is 0 Å². The van der Waals surface area contributed by atoms with Crippen LogP contribution in [-0.4, -0.2) is 71.2 Å². The SMILES string of the molecule is COc1cc(CNC(=O)N2CCN(S(=O)(=O)c3ccc(C)cc3)CC2)cc(OC)c1OC. The average Bonchev–Trinajstić information content (AvgIpc) is 2.82. The Bertz CT molecular complexity index is 1020. The Morgan fingerprint density at radius 2 is 1.50 bits per heavy atom. The number of ether oxygens (including phenoxy) is 3. The van der Waals surface area contributed by atoms with Crippen LogP contribution < -0.4 is 19.5 Å². The molecule has 0 spiro atoms. The van der Waals surface area contributed by atoms with Gasteiger partial charge in [0.05, 0.1) is 26.2 Å². The molecular formula is C22H29N3O6S. The number of piperazine rings is 1. The van der Waals surface area contributed by atoms with Crippen LogP contribution in [0.5, 0.6) is 17.2 Å². The van der Waals surface area contributed by atoms with Crippen molar-refractivity contribution in [2.45, 2.75) is 18.4 Å². The highest BCUT2D eigenvalue weighted by molar-refractivity contribution is 7.89. The molecule has 10 heteroatoms. The predicted molar refractivity (Wildman–Crippen MR) is 120 cm³/mol. The molecule has 2 aromatic rings. The van der Waals surface area contributed by atoms with Gasteiger partial charge in [0.15, 0.2) is 11.5 Å². The molecule has 1 N–H and O–H groups in total. The molecule has 2 aromatic carbocycles. The number of methoxy groups -OCH3 is 3. The highest BCUT2D eigenvalue weighted by atomic mass is 32.2. The molecule has 0 aliphatic carbocycles. The number of urea groups is 1. The molecule has 0 radical (unpaired) electrons. The van der Waals surface area contributed by atoms with E-state index in [1.165, 1.54) is 25.6 Å². The molecule has 1 aliphatic heterocycles. The lowest BCUT2D eigenvalue weighted by Gasteiger charge is -2.34. The monoisotopic (exact) mass is 463 g/mol. The van der Waals surface area contributed by atoms with E-state index in [0.717, 1.165) is 11.1 Å². The number of carbonyl (C=O) groups excluding carboxylic acids is 1. The third kappa shape index (κ3) is 5.08. The van der Waals surface area contributed by atoms with Crippen molar-refractivity contribution in [1.29, 1.82) is 0 Å². The third-order valence-corrected chi connectivity index (χ3v) is 7.27. The van der Waals surface area contributed by atoms with Crippen LogP contribution in [0.3, 0.4) is 0 Å². The van der Waals surface area contributed by atoms with Gasteiger partial charge in [0.2, 0.25) is 15.8 Å². The molecule has 9 nitrogen and oxygen atoms in total. The molecule has 3 rings (SSSR count). The lowest BCUT2D eigenvalue weighted by atomic mass is 10.2. The summed E-state index contributed by atoms with van der Waals surface area (Å²) >= 11 is 0. The number of aryl methyl sites for hydroxylation is 1. The number of hydrogen-bond acceptors (Lipinski definition) is 6. The van der Waals surface area contributed by atoms with Crippen molar-refractivity contribution in [3.63, 3.8) is 0 Å². The van der Waals surface area contributed by atoms with Crippen LogP contribution in [0.4, 0.5) is 4.79 Å². The number of hydrogen-bond donors (Lipinski definition) is 1. The fourth-order valence-corrected chi connectivity index (χ4v) is 4.94. The van der Waals surface area contributed by atoms with Gasteiger partial charge in [0, 0.05) is 32.7 Å². The first kappa shape index (κ1) is 23.7. The maximum atomic E-state index is 12.8. The van der Waals surface area contributed by atoms with E-state index in [9.17, 15) is 13.2 Å². The lowest BCUT2D eigenvalue weighted by Crippen LogP contribution is -2.52. The number of nitrogens with one attached hydrogen (secondary N) is 1. The number of amides is 2. The molecule has 0 saturated carbocycles. The summed E-state index contributed by atoms with van der Waals surface area (Å²) in [5, 5.41) is 2.87. The molecule has 1 aliphatic rings. The zero-order valence-corrected chi connectivity index (χ0v) is 19.6. The average molecular weight is 464 g/mol. The smallest absolute Gasteiger partial charge is 0.317 e. The van der Waals surface area contributed by atoms with Crippen molar-refractivity contribution in [1.82, 2.24) is 14.5 Å². The summed E-state index contributed by atoms with van der Waals surface area (Å²) in [6.07, 6.45) is 0. The number of carbonyl (C=O) groups is 1. The van der Waals surface area contributed by atoms with E-state index in [4.69, 9.17) is 14.2 Å². The predicted octanol–water partition coefficient (Wildman–Crippen LogP) is 2.24. The largest absolute Gasteiger partial charge is 0.493 e. The molecule has 1 fully saturated rings. The van der Waals surface area contributed by atoms with Crippen LogP contribution in [0.2, 0.25) is 0 Å². The van der Waals surface area contributed by atoms with Gasteiger partial charge in [0.1, 0.15) is 0 Å². The van der Waals surface area contributed by atoms with Gasteiger partial charge in [-0.25, -0.2) is 13.2 Å². The quantitative estimate of drug-likeness (QED) is 0.676. The maximum absolute atomic E-state index is 12.8. The Kier molecular flexibility index (Phi) is 7.47. The summed E-state index contributed by atoms with van der Waals surface area (Å²) in [5.41, 5.74) is 1.78. The zero-order chi connectivity index (χ0) is 23.3. The van der Waals surface area contributed by atoms with Crippen molar-refractivity contribution in [2.75, 3.05) is 47.5 Å². The first-order valence-corrected chi connectivity index (χ1v) is 11.6. The summed E-state index contributed by atoms with van der Waals surface area (Å²) in [6.45, 7) is 3.28. The van der Waals surface area contributed by atoms with Gasteiger partial charge in [-0.2, -0.15) is 4.31 Å². The minimum atomic E-state index is -3.57. The Labute approximate surface area is 188 Å². The first-order valence-electron chi connectivity index (χ1n) is 10.2. The van der Waals surface area contributed by atoms with Crippen molar-refractivity contribution < 1.29 is 27.4 Å². The van der Waals surface area contributed by atoms with E-state index in [0.29, 0.717) is 30.3 Å². The Morgan fingerprint density at radius 3 is 2.00 bits per heavy atom. The molecule has 2 amide bonds. The molecule has 32 heavy (non-hydrogen) atoms. The zero-order valence-electron chi connectivity index (χ0n) is 18.8. The highest BCUT2D eigenvalue weighted by Gasteiger charge is 2.30. The number of sulfonamides is 1. The Hall–Kier alpha value is -2.98. The summed E-state index contributed by atoms with van der Waals surface area (Å²) in [4.78, 5) is 14.5. The standard InChI is InChI=1S/C22H29N3O6S/c1-16-5-7-18(8-6-16)32(27,28)25-11-9-24(10-12-25)22(26)23-15-17-13-19(29-2)21(31-4)20(14-17)30-3/h5-8,13-14H,9-12,15H2,1-4H3,(H,23,26). The van der Waals surface area contributed by atoms with Gasteiger partial charge in [-0.3, -0.25) is 0 Å². The van der Waals surface area contributed by atoms with Crippen molar-refractivity contribution in [3.8, 4) is 17.2 Å². The van der Waals surface area contributed by atoms with E-state index in [1.807, 2.05) is 6.92 Å². The van der Waals surface area contributed by atoms with Crippen LogP contribution >= 0.6 is 0 Å². The van der Waals surface area contributed by atoms with E-state index in [2.05, 4.69) is 5.32 Å². The summed E-state index contributed by atoms with van der Waals surface area (Å²) < 4.78 is 43.1. The Morgan fingerprint density at radius 1 is 0.938 bits per heavy atom. The lowest BCUT2D eigenvalue weighted by molar-refractivity contribution is 0.172. The van der Waals surface area contributed by atoms with Crippen LogP contribution in [-0.2, 0) is 16.6 Å². The summed E-state index contributed by atoms with van der Waals surface area (Å²) in [6, 6.07) is 10.1. The molecule has 0 unspecified atom stereocenters. The number of benzene rings is 2. The fourth-order valence-electron chi connectivity index (χ4n) is 3.52. The summed E-state index contributed by atoms with van der Waals surface area (Å²) in [5.74, 6) is 1.49. The maximum Gasteiger partial charge on any atom is 0.317 e. The highest BCUT2D eigenvalue weighted by Crippen LogP contribution is 2.38. The molecule has 174 valence electrons. The van der Waals surface area contributed by atoms with Gasteiger partial charge < -0.3 is 24.4 Å². The van der Waals surface area contributed by atoms with E-state index in [-0.39, 0.29) is 30.6 Å². The van der Waals surface area contributed by atoms with Gasteiger partial charge in [-0.1, -0.05) is 17.7 Å².